The second-order valence-electron chi connectivity index (χ2n) is 8.49. The van der Waals surface area contributed by atoms with Gasteiger partial charge in [-0.15, -0.1) is 0 Å². The van der Waals surface area contributed by atoms with Crippen LogP contribution in [-0.2, 0) is 27.5 Å². The van der Waals surface area contributed by atoms with Crippen molar-refractivity contribution in [1.82, 2.24) is 15.5 Å². The van der Waals surface area contributed by atoms with E-state index in [0.717, 1.165) is 5.56 Å². The van der Waals surface area contributed by atoms with Crippen LogP contribution in [0.1, 0.15) is 47.2 Å². The van der Waals surface area contributed by atoms with Gasteiger partial charge in [-0.25, -0.2) is 13.6 Å². The van der Waals surface area contributed by atoms with Crippen molar-refractivity contribution in [2.75, 3.05) is 0 Å². The molecule has 10 heteroatoms. The molecule has 2 N–H and O–H groups in total. The number of halogens is 2. The Morgan fingerprint density at radius 3 is 2.73 bits per heavy atom. The predicted molar refractivity (Wildman–Crippen MR) is 96.2 cm³/mol. The van der Waals surface area contributed by atoms with E-state index in [-0.39, 0.29) is 50.6 Å². The van der Waals surface area contributed by atoms with Gasteiger partial charge in [0.1, 0.15) is 12.6 Å². The number of hydrogen-bond acceptors (Lipinski definition) is 5. The highest BCUT2D eigenvalue weighted by Gasteiger charge is 2.88. The lowest BCUT2D eigenvalue weighted by Gasteiger charge is -2.29. The van der Waals surface area contributed by atoms with E-state index in [1.54, 1.807) is 18.2 Å². The van der Waals surface area contributed by atoms with Crippen molar-refractivity contribution in [3.05, 3.63) is 34.9 Å². The number of nitrogens with one attached hydrogen (secondary N) is 2. The van der Waals surface area contributed by atoms with E-state index >= 15 is 0 Å². The van der Waals surface area contributed by atoms with Gasteiger partial charge in [-0.05, 0) is 36.5 Å². The zero-order chi connectivity index (χ0) is 21.3. The average molecular weight is 419 g/mol. The van der Waals surface area contributed by atoms with Crippen molar-refractivity contribution in [1.29, 1.82) is 0 Å². The van der Waals surface area contributed by atoms with E-state index in [2.05, 4.69) is 10.6 Å². The van der Waals surface area contributed by atoms with Crippen LogP contribution in [0.4, 0.5) is 13.6 Å². The topological polar surface area (TPSA) is 105 Å². The van der Waals surface area contributed by atoms with Gasteiger partial charge < -0.3 is 15.0 Å². The Labute approximate surface area is 169 Å². The summed E-state index contributed by atoms with van der Waals surface area (Å²) in [5.74, 6) is -1.14. The molecule has 0 spiro atoms. The number of carbonyl (C=O) groups excluding carboxylic acids is 4. The number of alkyl carbamates (subject to hydrolysis) is 1. The molecule has 4 amide bonds. The zero-order valence-electron chi connectivity index (χ0n) is 15.9. The molecular weight excluding hydrogens is 400 g/mol. The fourth-order valence-corrected chi connectivity index (χ4v) is 4.58. The molecule has 30 heavy (non-hydrogen) atoms. The summed E-state index contributed by atoms with van der Waals surface area (Å²) in [5, 5.41) is 4.78. The third-order valence-corrected chi connectivity index (χ3v) is 6.66. The van der Waals surface area contributed by atoms with Gasteiger partial charge >= 0.3 is 6.09 Å². The van der Waals surface area contributed by atoms with Crippen molar-refractivity contribution in [3.63, 3.8) is 0 Å². The molecule has 2 aliphatic carbocycles. The maximum absolute atomic E-state index is 12.9. The maximum atomic E-state index is 12.9. The number of amides is 4. The molecule has 5 rings (SSSR count). The number of carbonyl (C=O) groups is 4. The Balaban J connectivity index is 1.20. The number of benzene rings is 1. The molecule has 1 aromatic carbocycles. The minimum absolute atomic E-state index is 0.109. The van der Waals surface area contributed by atoms with Crippen molar-refractivity contribution in [3.8, 4) is 0 Å². The lowest BCUT2D eigenvalue weighted by molar-refractivity contribution is -0.136. The minimum Gasteiger partial charge on any atom is -0.445 e. The first-order valence-electron chi connectivity index (χ1n) is 9.74. The Morgan fingerprint density at radius 1 is 1.30 bits per heavy atom. The highest BCUT2D eigenvalue weighted by Crippen LogP contribution is 2.81. The summed E-state index contributed by atoms with van der Waals surface area (Å²) in [6.45, 7) is 0.156. The van der Waals surface area contributed by atoms with E-state index in [4.69, 9.17) is 4.74 Å². The summed E-state index contributed by atoms with van der Waals surface area (Å²) < 4.78 is 30.9. The number of hydrogen-bond donors (Lipinski definition) is 2. The van der Waals surface area contributed by atoms with Gasteiger partial charge in [0.15, 0.2) is 0 Å². The predicted octanol–water partition coefficient (Wildman–Crippen LogP) is 1.47. The summed E-state index contributed by atoms with van der Waals surface area (Å²) in [6, 6.07) is 4.35. The smallest absolute Gasteiger partial charge is 0.407 e. The van der Waals surface area contributed by atoms with Gasteiger partial charge in [-0.3, -0.25) is 19.7 Å². The molecule has 2 aliphatic heterocycles. The monoisotopic (exact) mass is 419 g/mol. The van der Waals surface area contributed by atoms with Gasteiger partial charge in [-0.1, -0.05) is 12.1 Å². The molecule has 3 fully saturated rings. The number of piperidine rings is 1. The molecule has 2 heterocycles. The molecule has 1 unspecified atom stereocenters. The van der Waals surface area contributed by atoms with Crippen molar-refractivity contribution < 1.29 is 32.7 Å². The van der Waals surface area contributed by atoms with Crippen LogP contribution >= 0.6 is 0 Å². The van der Waals surface area contributed by atoms with Crippen LogP contribution < -0.4 is 10.6 Å². The van der Waals surface area contributed by atoms with E-state index in [9.17, 15) is 28.0 Å². The van der Waals surface area contributed by atoms with E-state index in [0.29, 0.717) is 11.1 Å². The van der Waals surface area contributed by atoms with Crippen LogP contribution in [0, 0.1) is 5.41 Å². The number of imide groups is 1. The highest BCUT2D eigenvalue weighted by atomic mass is 19.3. The molecule has 158 valence electrons. The standard InChI is InChI=1S/C20H19F2N3O5/c21-17(22)19-8-20(19,9-19)24-18(29)30-7-10-1-2-11-6-25(16(28)12(11)5-10)13-3-4-14(26)23-15(13)27/h1-2,5,13,17H,3-4,6-9H2,(H,24,29)(H,23,26,27). The molecule has 8 nitrogen and oxygen atoms in total. The lowest BCUT2D eigenvalue weighted by Crippen LogP contribution is -2.52. The van der Waals surface area contributed by atoms with E-state index in [1.807, 2.05) is 0 Å². The molecule has 1 aromatic rings. The van der Waals surface area contributed by atoms with Crippen LogP contribution in [0.15, 0.2) is 18.2 Å². The van der Waals surface area contributed by atoms with Crippen molar-refractivity contribution in [2.45, 2.75) is 56.8 Å². The number of rotatable bonds is 5. The third kappa shape index (κ3) is 2.77. The Hall–Kier alpha value is -3.04. The van der Waals surface area contributed by atoms with Crippen LogP contribution in [0.3, 0.4) is 0 Å². The molecule has 4 aliphatic rings. The molecule has 1 saturated heterocycles. The van der Waals surface area contributed by atoms with Gasteiger partial charge in [0, 0.05) is 18.5 Å². The average Bonchev–Trinajstić information content (AvgIpc) is 3.47. The van der Waals surface area contributed by atoms with Crippen molar-refractivity contribution in [2.24, 2.45) is 5.41 Å². The summed E-state index contributed by atoms with van der Waals surface area (Å²) >= 11 is 0. The SMILES string of the molecule is O=C1CCC(N2Cc3ccc(COC(=O)NC45CC4(C(F)F)C5)cc3C2=O)C(=O)N1. The fraction of sp³-hybridized carbons (Fsp3) is 0.500. The third-order valence-electron chi connectivity index (χ3n) is 6.66. The zero-order valence-corrected chi connectivity index (χ0v) is 15.9. The molecule has 0 aromatic heterocycles. The second-order valence-corrected chi connectivity index (χ2v) is 8.49. The van der Waals surface area contributed by atoms with Crippen LogP contribution in [0.2, 0.25) is 0 Å². The largest absolute Gasteiger partial charge is 0.445 e. The molecular formula is C20H19F2N3O5. The summed E-state index contributed by atoms with van der Waals surface area (Å²) in [7, 11) is 0. The van der Waals surface area contributed by atoms with Gasteiger partial charge in [0.2, 0.25) is 18.2 Å². The van der Waals surface area contributed by atoms with Crippen LogP contribution in [-0.4, -0.2) is 46.7 Å². The normalized spacial score (nSPS) is 31.2. The van der Waals surface area contributed by atoms with Gasteiger partial charge in [0.05, 0.1) is 11.0 Å². The van der Waals surface area contributed by atoms with E-state index in [1.165, 1.54) is 4.90 Å². The Bertz CT molecular complexity index is 989. The molecule has 1 atom stereocenters. The van der Waals surface area contributed by atoms with Crippen LogP contribution in [0.5, 0.6) is 0 Å². The number of nitrogens with zero attached hydrogens (tertiary/aromatic N) is 1. The first kappa shape index (κ1) is 19.0. The van der Waals surface area contributed by atoms with Crippen molar-refractivity contribution >= 4 is 23.8 Å². The highest BCUT2D eigenvalue weighted by molar-refractivity contribution is 6.05. The summed E-state index contributed by atoms with van der Waals surface area (Å²) in [5.41, 5.74) is -0.137. The van der Waals surface area contributed by atoms with Gasteiger partial charge in [0.25, 0.3) is 5.91 Å². The lowest BCUT2D eigenvalue weighted by atomic mass is 10.0. The first-order valence-corrected chi connectivity index (χ1v) is 9.74. The summed E-state index contributed by atoms with van der Waals surface area (Å²) in [6.07, 6.45) is -2.20. The molecule has 0 radical (unpaired) electrons. The van der Waals surface area contributed by atoms with E-state index < -0.39 is 35.4 Å². The maximum Gasteiger partial charge on any atom is 0.407 e. The molecule has 2 saturated carbocycles. The van der Waals surface area contributed by atoms with Crippen LogP contribution in [0.25, 0.3) is 0 Å². The quantitative estimate of drug-likeness (QED) is 0.704. The fourth-order valence-electron chi connectivity index (χ4n) is 4.58. The Morgan fingerprint density at radius 2 is 2.07 bits per heavy atom. The number of fused-ring (bicyclic) bond motifs is 2. The number of alkyl halides is 2. The minimum atomic E-state index is -2.45. The summed E-state index contributed by atoms with van der Waals surface area (Å²) in [4.78, 5) is 49.6. The second kappa shape index (κ2) is 6.23. The number of ether oxygens (including phenoxy) is 1. The molecule has 0 bridgehead atoms. The Kier molecular flexibility index (Phi) is 3.93. The van der Waals surface area contributed by atoms with Gasteiger partial charge in [-0.2, -0.15) is 0 Å². The first-order chi connectivity index (χ1) is 14.2.